The Morgan fingerprint density at radius 3 is 1.90 bits per heavy atom. The molecule has 1 aliphatic heterocycles. The lowest BCUT2D eigenvalue weighted by molar-refractivity contribution is -0.458. The predicted octanol–water partition coefficient (Wildman–Crippen LogP) is 3.01. The van der Waals surface area contributed by atoms with Gasteiger partial charge in [-0.2, -0.15) is 17.6 Å². The van der Waals surface area contributed by atoms with E-state index in [4.69, 9.17) is 0 Å². The number of ether oxygens (including phenoxy) is 1. The molecule has 1 rings (SSSR count). The molecule has 0 unspecified atom stereocenters. The van der Waals surface area contributed by atoms with Crippen molar-refractivity contribution in [1.82, 2.24) is 4.90 Å². The van der Waals surface area contributed by atoms with Crippen LogP contribution in [0.25, 0.3) is 0 Å². The molecule has 0 N–H and O–H groups in total. The Balaban J connectivity index is 2.83. The fourth-order valence-electron chi connectivity index (χ4n) is 1.74. The van der Waals surface area contributed by atoms with Gasteiger partial charge in [0.15, 0.2) is 0 Å². The van der Waals surface area contributed by atoms with E-state index in [1.54, 1.807) is 6.92 Å². The third-order valence-corrected chi connectivity index (χ3v) is 2.95. The maximum absolute atomic E-state index is 13.2. The van der Waals surface area contributed by atoms with Crippen LogP contribution in [-0.4, -0.2) is 42.3 Å². The van der Waals surface area contributed by atoms with Crippen molar-refractivity contribution in [2.45, 2.75) is 38.2 Å². The van der Waals surface area contributed by atoms with Crippen LogP contribution in [0.15, 0.2) is 0 Å². The molecule has 1 fully saturated rings. The van der Waals surface area contributed by atoms with Crippen molar-refractivity contribution in [1.29, 1.82) is 0 Å². The van der Waals surface area contributed by atoms with E-state index in [1.807, 2.05) is 0 Å². The molecular formula is C10H12F7NO2. The Hall–Kier alpha value is -1.06. The minimum absolute atomic E-state index is 0.125. The van der Waals surface area contributed by atoms with Gasteiger partial charge in [0, 0.05) is 13.1 Å². The third-order valence-electron chi connectivity index (χ3n) is 2.95. The van der Waals surface area contributed by atoms with Gasteiger partial charge in [0.2, 0.25) is 0 Å². The van der Waals surface area contributed by atoms with Crippen LogP contribution in [0, 0.1) is 5.92 Å². The summed E-state index contributed by atoms with van der Waals surface area (Å²) in [4.78, 5) is 11.7. The maximum atomic E-state index is 13.2. The van der Waals surface area contributed by atoms with Crippen LogP contribution in [0.5, 0.6) is 0 Å². The smallest absolute Gasteiger partial charge is 0.337 e. The molecule has 0 atom stereocenters. The second kappa shape index (κ2) is 5.38. The van der Waals surface area contributed by atoms with E-state index < -0.39 is 24.3 Å². The Bertz CT molecular complexity index is 361. The first kappa shape index (κ1) is 17.0. The van der Waals surface area contributed by atoms with E-state index in [1.165, 1.54) is 0 Å². The van der Waals surface area contributed by atoms with Crippen molar-refractivity contribution in [2.24, 2.45) is 5.92 Å². The summed E-state index contributed by atoms with van der Waals surface area (Å²) in [6, 6.07) is 0. The molecule has 1 amide bonds. The van der Waals surface area contributed by atoms with Crippen LogP contribution in [0.4, 0.5) is 30.7 Å². The molecule has 20 heavy (non-hydrogen) atoms. The van der Waals surface area contributed by atoms with Gasteiger partial charge in [-0.05, 0) is 18.8 Å². The summed E-state index contributed by atoms with van der Waals surface area (Å²) in [7, 11) is 0. The van der Waals surface area contributed by atoms with Gasteiger partial charge in [0.25, 0.3) is 0 Å². The molecule has 0 aromatic heterocycles. The van der Waals surface area contributed by atoms with Crippen molar-refractivity contribution in [3.8, 4) is 0 Å². The minimum atomic E-state index is -5.98. The first-order chi connectivity index (χ1) is 8.87. The highest BCUT2D eigenvalue weighted by molar-refractivity contribution is 5.84. The standard InChI is InChI=1S/C10H12F7NO2/c1-6-2-4-18(5-3-6)7(19)8(11,12)9(13,14)20-10(15,16)17/h6H,2-5H2,1H3. The number of piperidine rings is 1. The van der Waals surface area contributed by atoms with E-state index in [9.17, 15) is 35.5 Å². The topological polar surface area (TPSA) is 29.5 Å². The molecule has 0 saturated carbocycles. The second-order valence-corrected chi connectivity index (χ2v) is 4.61. The molecule has 3 nitrogen and oxygen atoms in total. The molecule has 0 aromatic rings. The lowest BCUT2D eigenvalue weighted by Crippen LogP contribution is -2.57. The second-order valence-electron chi connectivity index (χ2n) is 4.61. The number of amides is 1. The van der Waals surface area contributed by atoms with E-state index in [-0.39, 0.29) is 19.0 Å². The first-order valence-electron chi connectivity index (χ1n) is 5.69. The number of halogens is 7. The summed E-state index contributed by atoms with van der Waals surface area (Å²) >= 11 is 0. The van der Waals surface area contributed by atoms with Crippen molar-refractivity contribution in [3.63, 3.8) is 0 Å². The van der Waals surface area contributed by atoms with Gasteiger partial charge in [0.05, 0.1) is 0 Å². The fraction of sp³-hybridized carbons (Fsp3) is 0.900. The number of rotatable bonds is 3. The number of nitrogens with zero attached hydrogens (tertiary/aromatic N) is 1. The average Bonchev–Trinajstić information content (AvgIpc) is 2.25. The van der Waals surface area contributed by atoms with Crippen LogP contribution in [0.1, 0.15) is 19.8 Å². The summed E-state index contributed by atoms with van der Waals surface area (Å²) in [5, 5.41) is 0. The number of hydrogen-bond acceptors (Lipinski definition) is 2. The van der Waals surface area contributed by atoms with Gasteiger partial charge in [-0.1, -0.05) is 6.92 Å². The quantitative estimate of drug-likeness (QED) is 0.750. The number of hydrogen-bond donors (Lipinski definition) is 0. The lowest BCUT2D eigenvalue weighted by Gasteiger charge is -2.34. The zero-order chi connectivity index (χ0) is 15.8. The molecule has 0 radical (unpaired) electrons. The van der Waals surface area contributed by atoms with Crippen LogP contribution in [-0.2, 0) is 9.53 Å². The van der Waals surface area contributed by atoms with Crippen LogP contribution < -0.4 is 0 Å². The molecule has 0 aromatic carbocycles. The number of carbonyl (C=O) groups excluding carboxylic acids is 1. The summed E-state index contributed by atoms with van der Waals surface area (Å²) in [6.07, 6.45) is -11.3. The normalized spacial score (nSPS) is 19.3. The summed E-state index contributed by atoms with van der Waals surface area (Å²) in [5.74, 6) is -7.82. The summed E-state index contributed by atoms with van der Waals surface area (Å²) < 4.78 is 89.3. The van der Waals surface area contributed by atoms with E-state index >= 15 is 0 Å². The number of likely N-dealkylation sites (tertiary alicyclic amines) is 1. The van der Waals surface area contributed by atoms with Gasteiger partial charge in [-0.25, -0.2) is 4.74 Å². The van der Waals surface area contributed by atoms with Gasteiger partial charge in [-0.15, -0.1) is 13.2 Å². The number of carbonyl (C=O) groups is 1. The molecule has 118 valence electrons. The molecule has 1 aliphatic rings. The third kappa shape index (κ3) is 3.74. The van der Waals surface area contributed by atoms with Gasteiger partial charge >= 0.3 is 24.3 Å². The molecule has 1 heterocycles. The largest absolute Gasteiger partial charge is 0.527 e. The summed E-state index contributed by atoms with van der Waals surface area (Å²) in [5.41, 5.74) is 0. The highest BCUT2D eigenvalue weighted by atomic mass is 19.4. The zero-order valence-corrected chi connectivity index (χ0v) is 10.3. The number of alkyl halides is 7. The molecule has 0 bridgehead atoms. The van der Waals surface area contributed by atoms with E-state index in [0.29, 0.717) is 17.7 Å². The van der Waals surface area contributed by atoms with Gasteiger partial charge in [0.1, 0.15) is 0 Å². The fourth-order valence-corrected chi connectivity index (χ4v) is 1.74. The summed E-state index contributed by atoms with van der Waals surface area (Å²) in [6.45, 7) is 1.36. The predicted molar refractivity (Wildman–Crippen MR) is 52.0 cm³/mol. The van der Waals surface area contributed by atoms with Crippen LogP contribution in [0.2, 0.25) is 0 Å². The maximum Gasteiger partial charge on any atom is 0.527 e. The Morgan fingerprint density at radius 2 is 1.50 bits per heavy atom. The Morgan fingerprint density at radius 1 is 1.05 bits per heavy atom. The highest BCUT2D eigenvalue weighted by Crippen LogP contribution is 2.41. The van der Waals surface area contributed by atoms with Crippen molar-refractivity contribution < 1.29 is 40.3 Å². The lowest BCUT2D eigenvalue weighted by atomic mass is 9.99. The molecule has 0 aliphatic carbocycles. The van der Waals surface area contributed by atoms with Crippen molar-refractivity contribution in [2.75, 3.05) is 13.1 Å². The Labute approximate surface area is 109 Å². The van der Waals surface area contributed by atoms with E-state index in [0.717, 1.165) is 0 Å². The molecular weight excluding hydrogens is 299 g/mol. The molecule has 10 heteroatoms. The van der Waals surface area contributed by atoms with Gasteiger partial charge in [-0.3, -0.25) is 4.79 Å². The molecule has 1 saturated heterocycles. The first-order valence-corrected chi connectivity index (χ1v) is 5.69. The van der Waals surface area contributed by atoms with Gasteiger partial charge < -0.3 is 4.90 Å². The van der Waals surface area contributed by atoms with E-state index in [2.05, 4.69) is 4.74 Å². The van der Waals surface area contributed by atoms with Crippen LogP contribution >= 0.6 is 0 Å². The average molecular weight is 311 g/mol. The van der Waals surface area contributed by atoms with Crippen LogP contribution in [0.3, 0.4) is 0 Å². The van der Waals surface area contributed by atoms with Crippen molar-refractivity contribution in [3.05, 3.63) is 0 Å². The molecule has 0 spiro atoms. The minimum Gasteiger partial charge on any atom is -0.337 e. The Kier molecular flexibility index (Phi) is 4.57. The van der Waals surface area contributed by atoms with Crippen molar-refractivity contribution >= 4 is 5.91 Å². The SMILES string of the molecule is CC1CCN(C(=O)C(F)(F)C(F)(F)OC(F)(F)F)CC1. The zero-order valence-electron chi connectivity index (χ0n) is 10.3. The highest BCUT2D eigenvalue weighted by Gasteiger charge is 2.68. The monoisotopic (exact) mass is 311 g/mol.